The molecule has 0 spiro atoms. The van der Waals surface area contributed by atoms with Crippen LogP contribution in [0.4, 0.5) is 0 Å². The Bertz CT molecular complexity index is 687. The first-order valence-electron chi connectivity index (χ1n) is 8.48. The monoisotopic (exact) mass is 402 g/mol. The summed E-state index contributed by atoms with van der Waals surface area (Å²) in [6.07, 6.45) is -5.67. The highest BCUT2D eigenvalue weighted by Gasteiger charge is 2.75. The lowest BCUT2D eigenvalue weighted by Crippen LogP contribution is -2.68. The van der Waals surface area contributed by atoms with E-state index in [9.17, 15) is 24.0 Å². The van der Waals surface area contributed by atoms with E-state index in [2.05, 4.69) is 0 Å². The Morgan fingerprint density at radius 2 is 1.29 bits per heavy atom. The summed E-state index contributed by atoms with van der Waals surface area (Å²) in [5.74, 6) is -3.69. The molecular formula is C17H22O11. The van der Waals surface area contributed by atoms with E-state index in [-0.39, 0.29) is 0 Å². The molecule has 0 bridgehead atoms. The van der Waals surface area contributed by atoms with Gasteiger partial charge in [0, 0.05) is 34.6 Å². The third-order valence-electron chi connectivity index (χ3n) is 4.17. The molecule has 0 amide bonds. The average Bonchev–Trinajstić information content (AvgIpc) is 3.32. The van der Waals surface area contributed by atoms with Crippen LogP contribution < -0.4 is 0 Å². The zero-order chi connectivity index (χ0) is 21.2. The van der Waals surface area contributed by atoms with Crippen LogP contribution in [0, 0.1) is 0 Å². The zero-order valence-electron chi connectivity index (χ0n) is 16.1. The van der Waals surface area contributed by atoms with Crippen molar-refractivity contribution in [1.29, 1.82) is 0 Å². The summed E-state index contributed by atoms with van der Waals surface area (Å²) in [5, 5.41) is 0. The van der Waals surface area contributed by atoms with Crippen LogP contribution in [-0.4, -0.2) is 72.6 Å². The Labute approximate surface area is 160 Å². The Balaban J connectivity index is 2.53. The van der Waals surface area contributed by atoms with Crippen molar-refractivity contribution in [2.24, 2.45) is 0 Å². The van der Waals surface area contributed by atoms with Crippen LogP contribution >= 0.6 is 0 Å². The Morgan fingerprint density at radius 3 is 1.75 bits per heavy atom. The second-order valence-electron chi connectivity index (χ2n) is 6.53. The lowest BCUT2D eigenvalue weighted by Gasteiger charge is -2.44. The summed E-state index contributed by atoms with van der Waals surface area (Å²) < 4.78 is 31.8. The van der Waals surface area contributed by atoms with Gasteiger partial charge in [-0.05, 0) is 0 Å². The van der Waals surface area contributed by atoms with Crippen molar-refractivity contribution in [2.75, 3.05) is 6.61 Å². The standard InChI is InChI=1S/C17H22O11/c1-7(18)23-6-17(28-11(5)22)15(26-10(4)21)13(25-9(3)20)12(24-8(2)19)14-16(17)27-14/h12-16H,6H2,1-5H3/t12-,13-,14+,15+,16+,17-/m1/s1. The molecule has 11 nitrogen and oxygen atoms in total. The van der Waals surface area contributed by atoms with Gasteiger partial charge >= 0.3 is 29.8 Å². The van der Waals surface area contributed by atoms with Gasteiger partial charge in [0.1, 0.15) is 18.8 Å². The first-order chi connectivity index (χ1) is 13.0. The molecule has 0 unspecified atom stereocenters. The number of rotatable bonds is 6. The molecule has 0 aromatic rings. The van der Waals surface area contributed by atoms with Gasteiger partial charge in [-0.3, -0.25) is 24.0 Å². The highest BCUT2D eigenvalue weighted by atomic mass is 16.7. The summed E-state index contributed by atoms with van der Waals surface area (Å²) in [6.45, 7) is 5.07. The normalized spacial score (nSPS) is 33.0. The number of carbonyl (C=O) groups is 5. The fraction of sp³-hybridized carbons (Fsp3) is 0.706. The maximum Gasteiger partial charge on any atom is 0.303 e. The molecule has 2 aliphatic rings. The van der Waals surface area contributed by atoms with Crippen molar-refractivity contribution in [1.82, 2.24) is 0 Å². The Kier molecular flexibility index (Phi) is 6.27. The lowest BCUT2D eigenvalue weighted by atomic mass is 9.78. The molecule has 0 radical (unpaired) electrons. The predicted molar refractivity (Wildman–Crippen MR) is 86.5 cm³/mol. The predicted octanol–water partition coefficient (Wildman–Crippen LogP) is -0.572. The third-order valence-corrected chi connectivity index (χ3v) is 4.17. The van der Waals surface area contributed by atoms with Gasteiger partial charge in [-0.2, -0.15) is 0 Å². The number of hydrogen-bond donors (Lipinski definition) is 0. The number of ether oxygens (including phenoxy) is 6. The van der Waals surface area contributed by atoms with E-state index in [0.717, 1.165) is 34.6 Å². The van der Waals surface area contributed by atoms with E-state index in [4.69, 9.17) is 28.4 Å². The number of esters is 5. The molecule has 11 heteroatoms. The summed E-state index contributed by atoms with van der Waals surface area (Å²) in [7, 11) is 0. The van der Waals surface area contributed by atoms with Crippen LogP contribution in [0.2, 0.25) is 0 Å². The third kappa shape index (κ3) is 4.58. The van der Waals surface area contributed by atoms with Crippen molar-refractivity contribution in [3.63, 3.8) is 0 Å². The van der Waals surface area contributed by atoms with E-state index in [0.29, 0.717) is 0 Å². The number of epoxide rings is 1. The first-order valence-corrected chi connectivity index (χ1v) is 8.48. The van der Waals surface area contributed by atoms with Crippen LogP contribution in [0.25, 0.3) is 0 Å². The van der Waals surface area contributed by atoms with E-state index in [1.807, 2.05) is 0 Å². The minimum Gasteiger partial charge on any atom is -0.461 e. The number of carbonyl (C=O) groups excluding carboxylic acids is 5. The summed E-state index contributed by atoms with van der Waals surface area (Å²) in [4.78, 5) is 58.1. The van der Waals surface area contributed by atoms with Gasteiger partial charge in [-0.25, -0.2) is 0 Å². The quantitative estimate of drug-likeness (QED) is 0.320. The number of fused-ring (bicyclic) bond motifs is 1. The fourth-order valence-electron chi connectivity index (χ4n) is 3.35. The maximum atomic E-state index is 11.8. The SMILES string of the molecule is CC(=O)OC[C@@]1(OC(C)=O)[C@@H](OC(C)=O)[C@H](OC(C)=O)[C@@H](OC(C)=O)[C@@H]2O[C@@H]21. The topological polar surface area (TPSA) is 144 Å². The molecule has 1 heterocycles. The van der Waals surface area contributed by atoms with E-state index >= 15 is 0 Å². The highest BCUT2D eigenvalue weighted by molar-refractivity contribution is 5.70. The van der Waals surface area contributed by atoms with Crippen LogP contribution in [0.5, 0.6) is 0 Å². The maximum absolute atomic E-state index is 11.8. The van der Waals surface area contributed by atoms with Gasteiger partial charge < -0.3 is 28.4 Å². The van der Waals surface area contributed by atoms with E-state index in [1.54, 1.807) is 0 Å². The van der Waals surface area contributed by atoms with Gasteiger partial charge in [-0.15, -0.1) is 0 Å². The lowest BCUT2D eigenvalue weighted by molar-refractivity contribution is -0.235. The highest BCUT2D eigenvalue weighted by Crippen LogP contribution is 2.49. The van der Waals surface area contributed by atoms with Crippen LogP contribution in [-0.2, 0) is 52.4 Å². The molecule has 1 aliphatic heterocycles. The van der Waals surface area contributed by atoms with Gasteiger partial charge in [-0.1, -0.05) is 0 Å². The molecule has 1 saturated heterocycles. The molecule has 1 aliphatic carbocycles. The fourth-order valence-corrected chi connectivity index (χ4v) is 3.35. The summed E-state index contributed by atoms with van der Waals surface area (Å²) >= 11 is 0. The Hall–Kier alpha value is -2.69. The van der Waals surface area contributed by atoms with Crippen molar-refractivity contribution in [3.05, 3.63) is 0 Å². The van der Waals surface area contributed by atoms with Crippen LogP contribution in [0.1, 0.15) is 34.6 Å². The second kappa shape index (κ2) is 8.13. The minimum absolute atomic E-state index is 0.522. The summed E-state index contributed by atoms with van der Waals surface area (Å²) in [5.41, 5.74) is -1.79. The largest absolute Gasteiger partial charge is 0.461 e. The summed E-state index contributed by atoms with van der Waals surface area (Å²) in [6, 6.07) is 0. The van der Waals surface area contributed by atoms with Crippen molar-refractivity contribution in [3.8, 4) is 0 Å². The van der Waals surface area contributed by atoms with Crippen molar-refractivity contribution in [2.45, 2.75) is 70.7 Å². The van der Waals surface area contributed by atoms with Gasteiger partial charge in [0.05, 0.1) is 0 Å². The molecule has 2 fully saturated rings. The molecule has 2 rings (SSSR count). The van der Waals surface area contributed by atoms with Crippen molar-refractivity contribution < 1.29 is 52.4 Å². The van der Waals surface area contributed by atoms with E-state index in [1.165, 1.54) is 0 Å². The molecule has 6 atom stereocenters. The number of hydrogen-bond acceptors (Lipinski definition) is 11. The average molecular weight is 402 g/mol. The zero-order valence-corrected chi connectivity index (χ0v) is 16.1. The van der Waals surface area contributed by atoms with Crippen molar-refractivity contribution >= 4 is 29.8 Å². The van der Waals surface area contributed by atoms with Gasteiger partial charge in [0.15, 0.2) is 18.3 Å². The molecule has 0 aromatic carbocycles. The minimum atomic E-state index is -1.79. The second-order valence-corrected chi connectivity index (χ2v) is 6.53. The molecule has 156 valence electrons. The molecule has 1 saturated carbocycles. The molecule has 0 aromatic heterocycles. The molecule has 28 heavy (non-hydrogen) atoms. The van der Waals surface area contributed by atoms with Gasteiger partial charge in [0.25, 0.3) is 0 Å². The van der Waals surface area contributed by atoms with Crippen LogP contribution in [0.15, 0.2) is 0 Å². The van der Waals surface area contributed by atoms with Crippen LogP contribution in [0.3, 0.4) is 0 Å². The molecule has 0 N–H and O–H groups in total. The molecular weight excluding hydrogens is 380 g/mol. The van der Waals surface area contributed by atoms with E-state index < -0.39 is 72.6 Å². The Morgan fingerprint density at radius 1 is 0.750 bits per heavy atom. The van der Waals surface area contributed by atoms with Gasteiger partial charge in [0.2, 0.25) is 5.60 Å². The first kappa shape index (κ1) is 21.6. The smallest absolute Gasteiger partial charge is 0.303 e.